The van der Waals surface area contributed by atoms with Crippen molar-refractivity contribution in [2.75, 3.05) is 0 Å². The maximum Gasteiger partial charge on any atom is 0.252 e. The lowest BCUT2D eigenvalue weighted by molar-refractivity contribution is -0.427. The minimum absolute atomic E-state index is 0.239. The van der Waals surface area contributed by atoms with Crippen molar-refractivity contribution in [3.05, 3.63) is 50.0 Å². The van der Waals surface area contributed by atoms with Gasteiger partial charge in [0.1, 0.15) is 0 Å². The van der Waals surface area contributed by atoms with Crippen molar-refractivity contribution in [1.82, 2.24) is 0 Å². The predicted octanol–water partition coefficient (Wildman–Crippen LogP) is 4.07. The molecule has 5 heteroatoms. The number of nitro groups is 1. The van der Waals surface area contributed by atoms with Gasteiger partial charge in [0.05, 0.1) is 4.92 Å². The molecular formula is C10H10BrNO2S. The largest absolute Gasteiger partial charge is 0.259 e. The van der Waals surface area contributed by atoms with Gasteiger partial charge in [-0.3, -0.25) is 10.1 Å². The number of thioether (sulfide) groups is 1. The van der Waals surface area contributed by atoms with E-state index in [2.05, 4.69) is 15.9 Å². The van der Waals surface area contributed by atoms with E-state index in [1.165, 1.54) is 11.8 Å². The summed E-state index contributed by atoms with van der Waals surface area (Å²) in [5.74, 6) is 0. The van der Waals surface area contributed by atoms with Gasteiger partial charge < -0.3 is 0 Å². The molecule has 0 spiro atoms. The summed E-state index contributed by atoms with van der Waals surface area (Å²) in [6.07, 6.45) is 0.441. The predicted molar refractivity (Wildman–Crippen MR) is 65.4 cm³/mol. The molecule has 1 aromatic carbocycles. The molecule has 0 saturated heterocycles. The number of rotatable bonds is 4. The second kappa shape index (κ2) is 5.92. The number of hydrogen-bond acceptors (Lipinski definition) is 3. The van der Waals surface area contributed by atoms with Crippen molar-refractivity contribution < 1.29 is 4.92 Å². The van der Waals surface area contributed by atoms with Crippen LogP contribution in [0.15, 0.2) is 44.7 Å². The van der Waals surface area contributed by atoms with Crippen molar-refractivity contribution in [2.24, 2.45) is 0 Å². The highest BCUT2D eigenvalue weighted by Crippen LogP contribution is 2.23. The molecule has 0 N–H and O–H groups in total. The van der Waals surface area contributed by atoms with Crippen molar-refractivity contribution in [2.45, 2.75) is 18.2 Å². The quantitative estimate of drug-likeness (QED) is 0.476. The second-order valence-corrected chi connectivity index (χ2v) is 4.65. The zero-order valence-electron chi connectivity index (χ0n) is 8.14. The van der Waals surface area contributed by atoms with Crippen LogP contribution in [0, 0.1) is 10.1 Å². The molecule has 0 saturated carbocycles. The van der Waals surface area contributed by atoms with Gasteiger partial charge in [-0.2, -0.15) is 0 Å². The Kier molecular flexibility index (Phi) is 4.84. The van der Waals surface area contributed by atoms with Crippen LogP contribution in [0.1, 0.15) is 13.3 Å². The fourth-order valence-electron chi connectivity index (χ4n) is 0.905. The molecule has 0 aliphatic rings. The molecule has 1 aromatic rings. The third kappa shape index (κ3) is 4.05. The highest BCUT2D eigenvalue weighted by atomic mass is 79.9. The number of halogens is 1. The molecule has 0 amide bonds. The Morgan fingerprint density at radius 1 is 1.53 bits per heavy atom. The van der Waals surface area contributed by atoms with Crippen LogP contribution in [0.4, 0.5) is 0 Å². The third-order valence-corrected chi connectivity index (χ3v) is 3.20. The molecule has 0 aliphatic heterocycles. The zero-order valence-corrected chi connectivity index (χ0v) is 10.5. The van der Waals surface area contributed by atoms with Gasteiger partial charge in [-0.15, -0.1) is 0 Å². The number of hydrogen-bond donors (Lipinski definition) is 0. The Balaban J connectivity index is 2.70. The number of allylic oxidation sites excluding steroid dienone is 1. The van der Waals surface area contributed by atoms with E-state index in [0.717, 1.165) is 9.37 Å². The average Bonchev–Trinajstić information content (AvgIpc) is 2.21. The van der Waals surface area contributed by atoms with Gasteiger partial charge in [0.25, 0.3) is 5.70 Å². The molecule has 0 heterocycles. The minimum Gasteiger partial charge on any atom is -0.259 e. The smallest absolute Gasteiger partial charge is 0.252 e. The Labute approximate surface area is 101 Å². The Morgan fingerprint density at radius 2 is 2.13 bits per heavy atom. The summed E-state index contributed by atoms with van der Waals surface area (Å²) in [6, 6.07) is 7.65. The van der Waals surface area contributed by atoms with Crippen LogP contribution in [0.2, 0.25) is 0 Å². The third-order valence-electron chi connectivity index (χ3n) is 1.74. The molecule has 15 heavy (non-hydrogen) atoms. The first-order valence-corrected chi connectivity index (χ1v) is 6.06. The Morgan fingerprint density at radius 3 is 2.60 bits per heavy atom. The molecule has 0 fully saturated rings. The highest BCUT2D eigenvalue weighted by Gasteiger charge is 2.06. The standard InChI is InChI=1S/C10H10BrNO2S/c1-2-9(12(13)14)7-15-10-5-3-8(11)4-6-10/h3-7H,2H2,1H3. The maximum atomic E-state index is 10.5. The first kappa shape index (κ1) is 12.3. The lowest BCUT2D eigenvalue weighted by Crippen LogP contribution is -1.95. The fourth-order valence-corrected chi connectivity index (χ4v) is 1.99. The van der Waals surface area contributed by atoms with E-state index in [1.54, 1.807) is 12.3 Å². The van der Waals surface area contributed by atoms with E-state index in [9.17, 15) is 10.1 Å². The van der Waals surface area contributed by atoms with Gasteiger partial charge in [0.2, 0.25) is 0 Å². The summed E-state index contributed by atoms with van der Waals surface area (Å²) in [5, 5.41) is 12.1. The van der Waals surface area contributed by atoms with Crippen molar-refractivity contribution in [3.8, 4) is 0 Å². The molecule has 0 unspecified atom stereocenters. The van der Waals surface area contributed by atoms with E-state index in [-0.39, 0.29) is 10.6 Å². The SMILES string of the molecule is CCC(=CSc1ccc(Br)cc1)[N+](=O)[O-]. The number of nitrogens with zero attached hydrogens (tertiary/aromatic N) is 1. The monoisotopic (exact) mass is 287 g/mol. The van der Waals surface area contributed by atoms with E-state index >= 15 is 0 Å². The first-order valence-electron chi connectivity index (χ1n) is 4.39. The van der Waals surface area contributed by atoms with Gasteiger partial charge in [0.15, 0.2) is 0 Å². The van der Waals surface area contributed by atoms with Gasteiger partial charge in [-0.05, 0) is 24.3 Å². The summed E-state index contributed by atoms with van der Waals surface area (Å²) < 4.78 is 1.00. The van der Waals surface area contributed by atoms with Gasteiger partial charge >= 0.3 is 0 Å². The van der Waals surface area contributed by atoms with Crippen LogP contribution in [-0.2, 0) is 0 Å². The van der Waals surface area contributed by atoms with Crippen LogP contribution in [0.5, 0.6) is 0 Å². The van der Waals surface area contributed by atoms with E-state index in [1.807, 2.05) is 24.3 Å². The molecule has 80 valence electrons. The highest BCUT2D eigenvalue weighted by molar-refractivity contribution is 9.10. The Hall–Kier alpha value is -0.810. The van der Waals surface area contributed by atoms with E-state index in [4.69, 9.17) is 0 Å². The topological polar surface area (TPSA) is 43.1 Å². The van der Waals surface area contributed by atoms with Crippen LogP contribution < -0.4 is 0 Å². The van der Waals surface area contributed by atoms with E-state index < -0.39 is 0 Å². The summed E-state index contributed by atoms with van der Waals surface area (Å²) in [4.78, 5) is 11.2. The molecule has 0 atom stereocenters. The molecule has 1 rings (SSSR count). The zero-order chi connectivity index (χ0) is 11.3. The van der Waals surface area contributed by atoms with E-state index in [0.29, 0.717) is 6.42 Å². The fraction of sp³-hybridized carbons (Fsp3) is 0.200. The summed E-state index contributed by atoms with van der Waals surface area (Å²) >= 11 is 4.70. The Bertz CT molecular complexity index is 376. The summed E-state index contributed by atoms with van der Waals surface area (Å²) in [7, 11) is 0. The normalized spacial score (nSPS) is 11.5. The molecule has 3 nitrogen and oxygen atoms in total. The van der Waals surface area contributed by atoms with Crippen molar-refractivity contribution >= 4 is 27.7 Å². The first-order chi connectivity index (χ1) is 7.13. The molecule has 0 bridgehead atoms. The van der Waals surface area contributed by atoms with Crippen LogP contribution in [0.25, 0.3) is 0 Å². The minimum atomic E-state index is -0.341. The number of benzene rings is 1. The maximum absolute atomic E-state index is 10.5. The summed E-state index contributed by atoms with van der Waals surface area (Å²) in [6.45, 7) is 1.77. The second-order valence-electron chi connectivity index (χ2n) is 2.79. The average molecular weight is 288 g/mol. The molecule has 0 aliphatic carbocycles. The van der Waals surface area contributed by atoms with Crippen LogP contribution in [-0.4, -0.2) is 4.92 Å². The molecular weight excluding hydrogens is 278 g/mol. The lowest BCUT2D eigenvalue weighted by Gasteiger charge is -1.97. The lowest BCUT2D eigenvalue weighted by atomic mass is 10.4. The molecule has 0 aromatic heterocycles. The molecule has 0 radical (unpaired) electrons. The van der Waals surface area contributed by atoms with Crippen LogP contribution in [0.3, 0.4) is 0 Å². The van der Waals surface area contributed by atoms with Gasteiger partial charge in [-0.25, -0.2) is 0 Å². The summed E-state index contributed by atoms with van der Waals surface area (Å²) in [5.41, 5.74) is 0.239. The van der Waals surface area contributed by atoms with Gasteiger partial charge in [0, 0.05) is 21.2 Å². The van der Waals surface area contributed by atoms with Crippen LogP contribution >= 0.6 is 27.7 Å². The van der Waals surface area contributed by atoms with Gasteiger partial charge in [-0.1, -0.05) is 34.6 Å². The van der Waals surface area contributed by atoms with Crippen molar-refractivity contribution in [1.29, 1.82) is 0 Å². The van der Waals surface area contributed by atoms with Crippen molar-refractivity contribution in [3.63, 3.8) is 0 Å².